The number of anilines is 1. The van der Waals surface area contributed by atoms with Crippen molar-refractivity contribution in [2.24, 2.45) is 16.7 Å². The first kappa shape index (κ1) is 15.3. The highest BCUT2D eigenvalue weighted by Crippen LogP contribution is 2.67. The lowest BCUT2D eigenvalue weighted by Crippen LogP contribution is -2.28. The van der Waals surface area contributed by atoms with Crippen LogP contribution in [0.5, 0.6) is 0 Å². The minimum absolute atomic E-state index is 0.0658. The van der Waals surface area contributed by atoms with Gasteiger partial charge in [-0.3, -0.25) is 0 Å². The Morgan fingerprint density at radius 1 is 1.25 bits per heavy atom. The maximum Gasteiger partial charge on any atom is 0.245 e. The third-order valence-corrected chi connectivity index (χ3v) is 6.58. The molecular formula is C14H21FN2O2S. The van der Waals surface area contributed by atoms with Crippen molar-refractivity contribution >= 4 is 15.7 Å². The van der Waals surface area contributed by atoms with E-state index in [1.54, 1.807) is 0 Å². The lowest BCUT2D eigenvalue weighted by molar-refractivity contribution is 0.457. The van der Waals surface area contributed by atoms with Crippen LogP contribution in [0.2, 0.25) is 0 Å². The number of nitrogens with one attached hydrogen (secondary N) is 1. The van der Waals surface area contributed by atoms with Crippen molar-refractivity contribution in [1.29, 1.82) is 0 Å². The summed E-state index contributed by atoms with van der Waals surface area (Å²) in [5.41, 5.74) is 5.63. The Balaban J connectivity index is 2.18. The summed E-state index contributed by atoms with van der Waals surface area (Å²) in [4.78, 5) is -0.462. The lowest BCUT2D eigenvalue weighted by Gasteiger charge is -2.10. The number of hydrogen-bond acceptors (Lipinski definition) is 3. The molecule has 0 atom stereocenters. The molecular weight excluding hydrogens is 279 g/mol. The minimum Gasteiger partial charge on any atom is -0.398 e. The normalized spacial score (nSPS) is 20.9. The summed E-state index contributed by atoms with van der Waals surface area (Å²) in [6.45, 7) is 8.69. The predicted octanol–water partition coefficient (Wildman–Crippen LogP) is 2.37. The van der Waals surface area contributed by atoms with Gasteiger partial charge in [-0.1, -0.05) is 33.8 Å². The van der Waals surface area contributed by atoms with Gasteiger partial charge >= 0.3 is 0 Å². The number of nitrogens with two attached hydrogens (primary N) is 1. The molecule has 3 N–H and O–H groups in total. The maximum absolute atomic E-state index is 13.7. The smallest absolute Gasteiger partial charge is 0.245 e. The van der Waals surface area contributed by atoms with E-state index in [0.29, 0.717) is 0 Å². The van der Waals surface area contributed by atoms with Crippen LogP contribution in [-0.4, -0.2) is 15.0 Å². The summed E-state index contributed by atoms with van der Waals surface area (Å²) < 4.78 is 40.6. The fourth-order valence-corrected chi connectivity index (χ4v) is 4.15. The van der Waals surface area contributed by atoms with Crippen LogP contribution in [0.15, 0.2) is 23.1 Å². The van der Waals surface area contributed by atoms with Crippen LogP contribution in [0.3, 0.4) is 0 Å². The Morgan fingerprint density at radius 3 is 2.25 bits per heavy atom. The maximum atomic E-state index is 13.7. The average molecular weight is 300 g/mol. The highest BCUT2D eigenvalue weighted by molar-refractivity contribution is 7.89. The molecule has 1 aromatic carbocycles. The van der Waals surface area contributed by atoms with E-state index in [9.17, 15) is 12.8 Å². The molecule has 20 heavy (non-hydrogen) atoms. The number of rotatable bonds is 4. The van der Waals surface area contributed by atoms with Gasteiger partial charge in [-0.15, -0.1) is 0 Å². The third kappa shape index (κ3) is 2.20. The summed E-state index contributed by atoms with van der Waals surface area (Å²) in [5, 5.41) is 0. The van der Waals surface area contributed by atoms with Crippen LogP contribution in [0.1, 0.15) is 27.7 Å². The highest BCUT2D eigenvalue weighted by Gasteiger charge is 2.64. The van der Waals surface area contributed by atoms with Gasteiger partial charge in [-0.2, -0.15) is 0 Å². The Bertz CT molecular complexity index is 604. The van der Waals surface area contributed by atoms with Gasteiger partial charge in [0.05, 0.1) is 5.69 Å². The first-order chi connectivity index (χ1) is 9.02. The molecule has 0 spiro atoms. The van der Waals surface area contributed by atoms with E-state index in [4.69, 9.17) is 5.73 Å². The Kier molecular flexibility index (Phi) is 3.38. The summed E-state index contributed by atoms with van der Waals surface area (Å²) in [5.74, 6) is -0.607. The molecule has 1 fully saturated rings. The van der Waals surface area contributed by atoms with E-state index < -0.39 is 20.7 Å². The van der Waals surface area contributed by atoms with Crippen molar-refractivity contribution in [2.75, 3.05) is 12.3 Å². The van der Waals surface area contributed by atoms with Crippen LogP contribution >= 0.6 is 0 Å². The van der Waals surface area contributed by atoms with Crippen LogP contribution in [0.25, 0.3) is 0 Å². The second-order valence-electron chi connectivity index (χ2n) is 6.51. The van der Waals surface area contributed by atoms with Gasteiger partial charge < -0.3 is 5.73 Å². The number of sulfonamides is 1. The van der Waals surface area contributed by atoms with Crippen LogP contribution in [0, 0.1) is 22.6 Å². The summed E-state index contributed by atoms with van der Waals surface area (Å²) in [6, 6.07) is 3.86. The Hall–Kier alpha value is -1.14. The van der Waals surface area contributed by atoms with E-state index in [1.165, 1.54) is 12.1 Å². The molecule has 0 saturated heterocycles. The van der Waals surface area contributed by atoms with E-state index in [2.05, 4.69) is 32.4 Å². The molecule has 1 saturated carbocycles. The Labute approximate surface area is 119 Å². The van der Waals surface area contributed by atoms with E-state index in [1.807, 2.05) is 0 Å². The minimum atomic E-state index is -3.93. The molecule has 1 aliphatic rings. The van der Waals surface area contributed by atoms with Crippen LogP contribution in [-0.2, 0) is 10.0 Å². The quantitative estimate of drug-likeness (QED) is 0.839. The van der Waals surface area contributed by atoms with Gasteiger partial charge in [-0.25, -0.2) is 17.5 Å². The molecule has 112 valence electrons. The molecule has 0 bridgehead atoms. The number of benzene rings is 1. The van der Waals surface area contributed by atoms with Gasteiger partial charge in [0.2, 0.25) is 10.0 Å². The molecule has 0 heterocycles. The second-order valence-corrected chi connectivity index (χ2v) is 8.21. The van der Waals surface area contributed by atoms with Gasteiger partial charge in [0.1, 0.15) is 10.7 Å². The molecule has 6 heteroatoms. The van der Waals surface area contributed by atoms with Crippen LogP contribution in [0.4, 0.5) is 10.1 Å². The average Bonchev–Trinajstić information content (AvgIpc) is 2.66. The molecule has 0 unspecified atom stereocenters. The molecule has 4 nitrogen and oxygen atoms in total. The van der Waals surface area contributed by atoms with Gasteiger partial charge in [-0.05, 0) is 28.9 Å². The molecule has 1 aliphatic carbocycles. The van der Waals surface area contributed by atoms with Gasteiger partial charge in [0.25, 0.3) is 0 Å². The molecule has 0 aromatic heterocycles. The largest absolute Gasteiger partial charge is 0.398 e. The Morgan fingerprint density at radius 2 is 1.80 bits per heavy atom. The molecule has 0 aliphatic heterocycles. The highest BCUT2D eigenvalue weighted by atomic mass is 32.2. The number of nitrogen functional groups attached to an aromatic ring is 1. The first-order valence-corrected chi connectivity index (χ1v) is 8.04. The van der Waals surface area contributed by atoms with Crippen molar-refractivity contribution in [3.05, 3.63) is 24.0 Å². The van der Waals surface area contributed by atoms with Gasteiger partial charge in [0, 0.05) is 6.54 Å². The van der Waals surface area contributed by atoms with Crippen molar-refractivity contribution in [3.63, 3.8) is 0 Å². The van der Waals surface area contributed by atoms with E-state index in [0.717, 1.165) is 6.07 Å². The fraction of sp³-hybridized carbons (Fsp3) is 0.571. The zero-order valence-corrected chi connectivity index (χ0v) is 13.0. The fourth-order valence-electron chi connectivity index (χ4n) is 2.92. The molecule has 0 amide bonds. The topological polar surface area (TPSA) is 72.2 Å². The monoisotopic (exact) mass is 300 g/mol. The van der Waals surface area contributed by atoms with Crippen molar-refractivity contribution in [2.45, 2.75) is 32.6 Å². The number of halogens is 1. The standard InChI is InChI=1S/C14H21FN2O2S/c1-13(2)11(14(13,3)4)8-17-20(18,19)12-9(15)6-5-7-10(12)16/h5-7,11,17H,8,16H2,1-4H3. The van der Waals surface area contributed by atoms with Crippen molar-refractivity contribution in [3.8, 4) is 0 Å². The SMILES string of the molecule is CC1(C)C(CNS(=O)(=O)c2c(N)cccc2F)C1(C)C. The third-order valence-electron chi connectivity index (χ3n) is 5.06. The summed E-state index contributed by atoms with van der Waals surface area (Å²) in [6.07, 6.45) is 0. The molecule has 2 rings (SSSR count). The zero-order chi connectivity index (χ0) is 15.3. The van der Waals surface area contributed by atoms with Gasteiger partial charge in [0.15, 0.2) is 0 Å². The molecule has 0 radical (unpaired) electrons. The number of hydrogen-bond donors (Lipinski definition) is 2. The zero-order valence-electron chi connectivity index (χ0n) is 12.2. The van der Waals surface area contributed by atoms with Crippen molar-refractivity contribution in [1.82, 2.24) is 4.72 Å². The van der Waals surface area contributed by atoms with E-state index in [-0.39, 0.29) is 29.0 Å². The van der Waals surface area contributed by atoms with E-state index >= 15 is 0 Å². The first-order valence-electron chi connectivity index (χ1n) is 6.55. The molecule has 1 aromatic rings. The van der Waals surface area contributed by atoms with Crippen molar-refractivity contribution < 1.29 is 12.8 Å². The lowest BCUT2D eigenvalue weighted by atomic mass is 10.0. The second kappa shape index (κ2) is 4.43. The van der Waals surface area contributed by atoms with Crippen LogP contribution < -0.4 is 10.5 Å². The summed E-state index contributed by atoms with van der Waals surface area (Å²) in [7, 11) is -3.93. The summed E-state index contributed by atoms with van der Waals surface area (Å²) >= 11 is 0. The predicted molar refractivity (Wildman–Crippen MR) is 77.1 cm³/mol.